The largest absolute Gasteiger partial charge is 0.387 e. The lowest BCUT2D eigenvalue weighted by Gasteiger charge is -2.21. The lowest BCUT2D eigenvalue weighted by molar-refractivity contribution is 0.0727. The van der Waals surface area contributed by atoms with Crippen LogP contribution in [0.4, 0.5) is 5.69 Å². The van der Waals surface area contributed by atoms with Crippen molar-refractivity contribution in [2.75, 3.05) is 27.2 Å². The average Bonchev–Trinajstić information content (AvgIpc) is 3.22. The summed E-state index contributed by atoms with van der Waals surface area (Å²) in [5.74, 6) is 0.592. The molecule has 6 nitrogen and oxygen atoms in total. The molecule has 1 saturated heterocycles. The highest BCUT2D eigenvalue weighted by Crippen LogP contribution is 2.32. The van der Waals surface area contributed by atoms with Gasteiger partial charge in [0.25, 0.3) is 5.91 Å². The zero-order valence-electron chi connectivity index (χ0n) is 17.5. The maximum atomic E-state index is 12.6. The van der Waals surface area contributed by atoms with Crippen molar-refractivity contribution in [1.82, 2.24) is 9.80 Å². The van der Waals surface area contributed by atoms with Gasteiger partial charge in [0.1, 0.15) is 12.1 Å². The molecule has 0 aliphatic carbocycles. The van der Waals surface area contributed by atoms with Crippen LogP contribution in [-0.2, 0) is 0 Å². The monoisotopic (exact) mass is 404 g/mol. The third-order valence-corrected chi connectivity index (χ3v) is 5.70. The number of amidine groups is 1. The zero-order valence-corrected chi connectivity index (χ0v) is 17.5. The van der Waals surface area contributed by atoms with Crippen LogP contribution in [0.25, 0.3) is 17.2 Å². The number of hydrogen-bond acceptors (Lipinski definition) is 5. The first kappa shape index (κ1) is 20.3. The van der Waals surface area contributed by atoms with Crippen LogP contribution in [0.3, 0.4) is 0 Å². The van der Waals surface area contributed by atoms with Gasteiger partial charge in [0.15, 0.2) is 0 Å². The number of carbonyl (C=O) groups excluding carboxylic acids is 1. The fourth-order valence-electron chi connectivity index (χ4n) is 4.01. The van der Waals surface area contributed by atoms with Crippen LogP contribution in [0.2, 0.25) is 0 Å². The van der Waals surface area contributed by atoms with Gasteiger partial charge >= 0.3 is 0 Å². The normalized spacial score (nSPS) is 17.3. The van der Waals surface area contributed by atoms with Gasteiger partial charge < -0.3 is 15.7 Å². The lowest BCUT2D eigenvalue weighted by atomic mass is 9.99. The Bertz CT molecular complexity index is 1000. The first-order valence-electron chi connectivity index (χ1n) is 10.3. The number of likely N-dealkylation sites (N-methyl/N-ethyl adjacent to an activating group) is 1. The van der Waals surface area contributed by atoms with Gasteiger partial charge in [-0.1, -0.05) is 18.2 Å². The molecule has 4 rings (SSSR count). The van der Waals surface area contributed by atoms with E-state index in [1.807, 2.05) is 61.5 Å². The van der Waals surface area contributed by atoms with E-state index in [2.05, 4.69) is 11.1 Å². The number of amides is 1. The molecule has 3 N–H and O–H groups in total. The molecule has 6 heteroatoms. The van der Waals surface area contributed by atoms with Gasteiger partial charge in [0.05, 0.1) is 5.69 Å². The van der Waals surface area contributed by atoms with Crippen molar-refractivity contribution in [3.63, 3.8) is 0 Å². The Hall–Kier alpha value is -2.96. The smallest absolute Gasteiger partial charge is 0.253 e. The number of nitrogens with zero attached hydrogens (tertiary/aromatic N) is 3. The molecule has 1 unspecified atom stereocenters. The molecule has 2 aromatic rings. The molecule has 156 valence electrons. The van der Waals surface area contributed by atoms with Crippen LogP contribution in [-0.4, -0.2) is 60.1 Å². The second-order valence-corrected chi connectivity index (χ2v) is 8.19. The summed E-state index contributed by atoms with van der Waals surface area (Å²) < 4.78 is 0. The third kappa shape index (κ3) is 4.15. The predicted molar refractivity (Wildman–Crippen MR) is 121 cm³/mol. The first-order valence-corrected chi connectivity index (χ1v) is 10.3. The van der Waals surface area contributed by atoms with E-state index in [4.69, 9.17) is 5.73 Å². The quantitative estimate of drug-likeness (QED) is 0.767. The van der Waals surface area contributed by atoms with E-state index in [1.54, 1.807) is 4.90 Å². The highest BCUT2D eigenvalue weighted by atomic mass is 16.3. The van der Waals surface area contributed by atoms with Gasteiger partial charge in [-0.05, 0) is 74.0 Å². The Labute approximate surface area is 177 Å². The van der Waals surface area contributed by atoms with Gasteiger partial charge in [-0.2, -0.15) is 0 Å². The summed E-state index contributed by atoms with van der Waals surface area (Å²) in [6.45, 7) is 1.70. The second-order valence-electron chi connectivity index (χ2n) is 8.19. The number of nitrogens with two attached hydrogens (primary N) is 1. The maximum Gasteiger partial charge on any atom is 0.253 e. The molecular weight excluding hydrogens is 376 g/mol. The van der Waals surface area contributed by atoms with Crippen molar-refractivity contribution in [2.45, 2.75) is 25.5 Å². The Morgan fingerprint density at radius 2 is 1.77 bits per heavy atom. The molecule has 0 aromatic heterocycles. The van der Waals surface area contributed by atoms with E-state index in [1.165, 1.54) is 0 Å². The molecule has 30 heavy (non-hydrogen) atoms. The van der Waals surface area contributed by atoms with Crippen molar-refractivity contribution in [3.8, 4) is 11.1 Å². The number of rotatable bonds is 4. The fourth-order valence-corrected chi connectivity index (χ4v) is 4.01. The topological polar surface area (TPSA) is 82.2 Å². The maximum absolute atomic E-state index is 12.6. The molecule has 0 bridgehead atoms. The molecule has 1 atom stereocenters. The van der Waals surface area contributed by atoms with E-state index in [9.17, 15) is 9.90 Å². The molecular formula is C24H28N4O2. The number of fused-ring (bicyclic) bond motifs is 1. The van der Waals surface area contributed by atoms with E-state index < -0.39 is 6.23 Å². The van der Waals surface area contributed by atoms with Gasteiger partial charge in [0.2, 0.25) is 0 Å². The number of aliphatic hydroxyl groups excluding tert-OH is 1. The van der Waals surface area contributed by atoms with Crippen LogP contribution in [0.1, 0.15) is 35.2 Å². The van der Waals surface area contributed by atoms with Gasteiger partial charge in [-0.15, -0.1) is 0 Å². The zero-order chi connectivity index (χ0) is 21.3. The Kier molecular flexibility index (Phi) is 5.70. The fraction of sp³-hybridized carbons (Fsp3) is 0.333. The number of carbonyl (C=O) groups is 1. The highest BCUT2D eigenvalue weighted by Gasteiger charge is 2.20. The van der Waals surface area contributed by atoms with Crippen molar-refractivity contribution in [3.05, 3.63) is 59.2 Å². The van der Waals surface area contributed by atoms with E-state index in [-0.39, 0.29) is 5.91 Å². The van der Waals surface area contributed by atoms with Crippen LogP contribution >= 0.6 is 0 Å². The third-order valence-electron chi connectivity index (χ3n) is 5.70. The molecule has 2 aliphatic heterocycles. The summed E-state index contributed by atoms with van der Waals surface area (Å²) in [4.78, 5) is 20.7. The molecule has 2 aromatic carbocycles. The summed E-state index contributed by atoms with van der Waals surface area (Å²) >= 11 is 0. The Morgan fingerprint density at radius 1 is 1.10 bits per heavy atom. The molecule has 0 saturated carbocycles. The lowest BCUT2D eigenvalue weighted by Crippen LogP contribution is -2.31. The molecule has 0 spiro atoms. The molecule has 1 amide bonds. The minimum absolute atomic E-state index is 0.107. The summed E-state index contributed by atoms with van der Waals surface area (Å²) in [7, 11) is 3.65. The van der Waals surface area contributed by atoms with Gasteiger partial charge in [0, 0.05) is 30.6 Å². The average molecular weight is 405 g/mol. The Balaban J connectivity index is 1.64. The van der Waals surface area contributed by atoms with Crippen molar-refractivity contribution >= 4 is 23.5 Å². The first-order chi connectivity index (χ1) is 14.4. The van der Waals surface area contributed by atoms with Crippen LogP contribution in [0.15, 0.2) is 53.0 Å². The SMILES string of the molecule is CN(C)C(O)C1=Cc2cc(-c3ccc(C(=O)N4CCCC4)cc3)ccc2N=C(N)C1. The van der Waals surface area contributed by atoms with Crippen molar-refractivity contribution in [2.24, 2.45) is 10.7 Å². The Morgan fingerprint density at radius 3 is 2.43 bits per heavy atom. The van der Waals surface area contributed by atoms with E-state index in [0.717, 1.165) is 59.4 Å². The second kappa shape index (κ2) is 8.42. The number of aliphatic hydroxyl groups is 1. The number of hydrogen-bond donors (Lipinski definition) is 2. The molecule has 2 heterocycles. The highest BCUT2D eigenvalue weighted by molar-refractivity contribution is 5.95. The number of aliphatic imine (C=N–C) groups is 1. The van der Waals surface area contributed by atoms with Crippen molar-refractivity contribution in [1.29, 1.82) is 0 Å². The summed E-state index contributed by atoms with van der Waals surface area (Å²) in [5.41, 5.74) is 11.4. The minimum Gasteiger partial charge on any atom is -0.387 e. The van der Waals surface area contributed by atoms with E-state index >= 15 is 0 Å². The van der Waals surface area contributed by atoms with Gasteiger partial charge in [-0.3, -0.25) is 9.69 Å². The standard InChI is InChI=1S/C24H28N4O2/c1-27(2)23(29)20-14-19-13-18(9-10-21(19)26-22(25)15-20)16-5-7-17(8-6-16)24(30)28-11-3-4-12-28/h5-10,13-14,23,29H,3-4,11-12,15H2,1-2H3,(H2,25,26). The molecule has 0 radical (unpaired) electrons. The van der Waals surface area contributed by atoms with E-state index in [0.29, 0.717) is 12.3 Å². The minimum atomic E-state index is -0.718. The number of likely N-dealkylation sites (tertiary alicyclic amines) is 1. The van der Waals surface area contributed by atoms with Crippen LogP contribution < -0.4 is 5.73 Å². The number of benzene rings is 2. The van der Waals surface area contributed by atoms with Gasteiger partial charge in [-0.25, -0.2) is 4.99 Å². The van der Waals surface area contributed by atoms with Crippen LogP contribution in [0.5, 0.6) is 0 Å². The molecule has 2 aliphatic rings. The summed E-state index contributed by atoms with van der Waals surface area (Å²) in [6, 6.07) is 13.8. The van der Waals surface area contributed by atoms with Crippen molar-refractivity contribution < 1.29 is 9.90 Å². The predicted octanol–water partition coefficient (Wildman–Crippen LogP) is 3.25. The summed E-state index contributed by atoms with van der Waals surface area (Å²) in [6.07, 6.45) is 3.85. The summed E-state index contributed by atoms with van der Waals surface area (Å²) in [5, 5.41) is 10.5. The molecule has 1 fully saturated rings. The van der Waals surface area contributed by atoms with Crippen LogP contribution in [0, 0.1) is 0 Å².